The van der Waals surface area contributed by atoms with Crippen LogP contribution in [0.3, 0.4) is 0 Å². The summed E-state index contributed by atoms with van der Waals surface area (Å²) in [5.74, 6) is -0.0990. The average molecular weight is 291 g/mol. The molecule has 0 bridgehead atoms. The van der Waals surface area contributed by atoms with Crippen LogP contribution >= 0.6 is 27.5 Å². The van der Waals surface area contributed by atoms with Crippen molar-refractivity contribution in [2.75, 3.05) is 6.54 Å². The maximum atomic E-state index is 11.7. The second kappa shape index (κ2) is 5.52. The normalized spacial score (nSPS) is 12.3. The predicted molar refractivity (Wildman–Crippen MR) is 66.5 cm³/mol. The van der Waals surface area contributed by atoms with Gasteiger partial charge in [0, 0.05) is 16.4 Å². The molecular weight excluding hydrogens is 277 g/mol. The number of hydrogen-bond acceptors (Lipinski definition) is 1. The van der Waals surface area contributed by atoms with Gasteiger partial charge in [-0.3, -0.25) is 4.79 Å². The molecule has 0 aliphatic heterocycles. The molecule has 0 aromatic heterocycles. The summed E-state index contributed by atoms with van der Waals surface area (Å²) < 4.78 is 0.838. The minimum Gasteiger partial charge on any atom is -0.351 e. The molecule has 1 unspecified atom stereocenters. The van der Waals surface area contributed by atoms with E-state index in [2.05, 4.69) is 21.2 Å². The maximum absolute atomic E-state index is 11.7. The summed E-state index contributed by atoms with van der Waals surface area (Å²) in [7, 11) is 0. The van der Waals surface area contributed by atoms with Crippen molar-refractivity contribution in [1.29, 1.82) is 0 Å². The van der Waals surface area contributed by atoms with Crippen molar-refractivity contribution < 1.29 is 4.79 Å². The minimum atomic E-state index is -0.0990. The highest BCUT2D eigenvalue weighted by atomic mass is 79.9. The van der Waals surface area contributed by atoms with Gasteiger partial charge in [-0.15, -0.1) is 11.6 Å². The van der Waals surface area contributed by atoms with E-state index in [1.807, 2.05) is 26.0 Å². The zero-order chi connectivity index (χ0) is 11.4. The number of hydrogen-bond donors (Lipinski definition) is 1. The molecule has 1 aromatic carbocycles. The lowest BCUT2D eigenvalue weighted by molar-refractivity contribution is 0.0953. The van der Waals surface area contributed by atoms with Gasteiger partial charge in [-0.25, -0.2) is 0 Å². The van der Waals surface area contributed by atoms with E-state index in [-0.39, 0.29) is 11.3 Å². The molecule has 82 valence electrons. The number of nitrogens with one attached hydrogen (secondary N) is 1. The molecule has 1 atom stereocenters. The number of rotatable bonds is 3. The van der Waals surface area contributed by atoms with E-state index in [9.17, 15) is 4.79 Å². The van der Waals surface area contributed by atoms with Gasteiger partial charge in [-0.2, -0.15) is 0 Å². The van der Waals surface area contributed by atoms with Gasteiger partial charge in [-0.1, -0.05) is 12.1 Å². The van der Waals surface area contributed by atoms with Gasteiger partial charge in [0.05, 0.1) is 5.56 Å². The number of benzene rings is 1. The van der Waals surface area contributed by atoms with Crippen molar-refractivity contribution in [3.8, 4) is 0 Å². The van der Waals surface area contributed by atoms with Crippen molar-refractivity contribution in [1.82, 2.24) is 5.32 Å². The molecule has 0 spiro atoms. The van der Waals surface area contributed by atoms with Gasteiger partial charge in [0.15, 0.2) is 0 Å². The molecule has 15 heavy (non-hydrogen) atoms. The van der Waals surface area contributed by atoms with Crippen LogP contribution in [0.4, 0.5) is 0 Å². The fraction of sp³-hybridized carbons (Fsp3) is 0.364. The zero-order valence-electron chi connectivity index (χ0n) is 8.68. The van der Waals surface area contributed by atoms with Crippen molar-refractivity contribution >= 4 is 33.4 Å². The van der Waals surface area contributed by atoms with Crippen molar-refractivity contribution in [2.45, 2.75) is 19.2 Å². The molecule has 0 heterocycles. The molecule has 0 radical (unpaired) electrons. The Morgan fingerprint density at radius 3 is 2.87 bits per heavy atom. The van der Waals surface area contributed by atoms with E-state index < -0.39 is 0 Å². The van der Waals surface area contributed by atoms with Crippen LogP contribution in [0.5, 0.6) is 0 Å². The van der Waals surface area contributed by atoms with E-state index in [4.69, 9.17) is 11.6 Å². The smallest absolute Gasteiger partial charge is 0.252 e. The molecule has 1 rings (SSSR count). The highest BCUT2D eigenvalue weighted by Crippen LogP contribution is 2.20. The van der Waals surface area contributed by atoms with Gasteiger partial charge in [-0.05, 0) is 41.4 Å². The van der Waals surface area contributed by atoms with Crippen LogP contribution < -0.4 is 5.32 Å². The zero-order valence-corrected chi connectivity index (χ0v) is 11.0. The SMILES string of the molecule is Cc1cccc(C(=O)NCC(C)Cl)c1Br. The molecule has 0 saturated heterocycles. The first-order valence-corrected chi connectivity index (χ1v) is 5.92. The second-order valence-corrected chi connectivity index (χ2v) is 4.97. The van der Waals surface area contributed by atoms with Gasteiger partial charge >= 0.3 is 0 Å². The standard InChI is InChI=1S/C11H13BrClNO/c1-7-4-3-5-9(10(7)12)11(15)14-6-8(2)13/h3-5,8H,6H2,1-2H3,(H,14,15). The summed E-state index contributed by atoms with van der Waals surface area (Å²) >= 11 is 9.15. The third-order valence-corrected chi connectivity index (χ3v) is 3.19. The Kier molecular flexibility index (Phi) is 4.61. The molecule has 4 heteroatoms. The molecule has 1 N–H and O–H groups in total. The summed E-state index contributed by atoms with van der Waals surface area (Å²) in [6.07, 6.45) is 0. The maximum Gasteiger partial charge on any atom is 0.252 e. The Hall–Kier alpha value is -0.540. The van der Waals surface area contributed by atoms with Crippen LogP contribution in [0.1, 0.15) is 22.8 Å². The quantitative estimate of drug-likeness (QED) is 0.852. The fourth-order valence-corrected chi connectivity index (χ4v) is 1.67. The summed E-state index contributed by atoms with van der Waals surface area (Å²) in [4.78, 5) is 11.7. The molecule has 0 aliphatic carbocycles. The van der Waals surface area contributed by atoms with Crippen molar-refractivity contribution in [2.24, 2.45) is 0 Å². The molecule has 0 aliphatic rings. The molecular formula is C11H13BrClNO. The Balaban J connectivity index is 2.78. The third kappa shape index (κ3) is 3.50. The van der Waals surface area contributed by atoms with Crippen molar-refractivity contribution in [3.05, 3.63) is 33.8 Å². The number of alkyl halides is 1. The summed E-state index contributed by atoms with van der Waals surface area (Å²) in [5, 5.41) is 2.71. The lowest BCUT2D eigenvalue weighted by Crippen LogP contribution is -2.28. The average Bonchev–Trinajstić information content (AvgIpc) is 2.18. The molecule has 0 saturated carbocycles. The van der Waals surface area contributed by atoms with E-state index >= 15 is 0 Å². The van der Waals surface area contributed by atoms with Crippen LogP contribution in [0.15, 0.2) is 22.7 Å². The second-order valence-electron chi connectivity index (χ2n) is 3.43. The van der Waals surface area contributed by atoms with E-state index in [1.165, 1.54) is 0 Å². The van der Waals surface area contributed by atoms with E-state index in [0.717, 1.165) is 10.0 Å². The number of carbonyl (C=O) groups excluding carboxylic acids is 1. The van der Waals surface area contributed by atoms with Crippen LogP contribution in [0.2, 0.25) is 0 Å². The lowest BCUT2D eigenvalue weighted by atomic mass is 10.1. The van der Waals surface area contributed by atoms with E-state index in [1.54, 1.807) is 6.07 Å². The van der Waals surface area contributed by atoms with Crippen LogP contribution in [0, 0.1) is 6.92 Å². The minimum absolute atomic E-state index is 0.0578. The van der Waals surface area contributed by atoms with Crippen LogP contribution in [-0.4, -0.2) is 17.8 Å². The Morgan fingerprint density at radius 2 is 2.27 bits per heavy atom. The Bertz CT molecular complexity index is 366. The summed E-state index contributed by atoms with van der Waals surface area (Å²) in [6.45, 7) is 4.26. The monoisotopic (exact) mass is 289 g/mol. The first-order chi connectivity index (χ1) is 7.02. The van der Waals surface area contributed by atoms with Gasteiger partial charge < -0.3 is 5.32 Å². The number of halogens is 2. The highest BCUT2D eigenvalue weighted by molar-refractivity contribution is 9.10. The first-order valence-electron chi connectivity index (χ1n) is 4.69. The number of aryl methyl sites for hydroxylation is 1. The third-order valence-electron chi connectivity index (χ3n) is 1.98. The Morgan fingerprint density at radius 1 is 1.60 bits per heavy atom. The van der Waals surface area contributed by atoms with Crippen molar-refractivity contribution in [3.63, 3.8) is 0 Å². The number of carbonyl (C=O) groups is 1. The largest absolute Gasteiger partial charge is 0.351 e. The van der Waals surface area contributed by atoms with Crippen LogP contribution in [0.25, 0.3) is 0 Å². The summed E-state index contributed by atoms with van der Waals surface area (Å²) in [5.41, 5.74) is 1.69. The van der Waals surface area contributed by atoms with E-state index in [0.29, 0.717) is 12.1 Å². The highest BCUT2D eigenvalue weighted by Gasteiger charge is 2.11. The molecule has 2 nitrogen and oxygen atoms in total. The molecule has 1 amide bonds. The summed E-state index contributed by atoms with van der Waals surface area (Å²) in [6, 6.07) is 5.59. The van der Waals surface area contributed by atoms with Gasteiger partial charge in [0.2, 0.25) is 0 Å². The fourth-order valence-electron chi connectivity index (χ4n) is 1.15. The molecule has 0 fully saturated rings. The van der Waals surface area contributed by atoms with Gasteiger partial charge in [0.1, 0.15) is 0 Å². The van der Waals surface area contributed by atoms with Gasteiger partial charge in [0.25, 0.3) is 5.91 Å². The first kappa shape index (κ1) is 12.5. The lowest BCUT2D eigenvalue weighted by Gasteiger charge is -2.09. The Labute approximate surface area is 103 Å². The topological polar surface area (TPSA) is 29.1 Å². The van der Waals surface area contributed by atoms with Crippen LogP contribution in [-0.2, 0) is 0 Å². The predicted octanol–water partition coefficient (Wildman–Crippen LogP) is 3.11. The molecule has 1 aromatic rings. The number of amides is 1.